The minimum Gasteiger partial charge on any atom is -0.403 e. The Morgan fingerprint density at radius 1 is 1.19 bits per heavy atom. The van der Waals surface area contributed by atoms with Gasteiger partial charge in [0.05, 0.1) is 15.8 Å². The third-order valence-electron chi connectivity index (χ3n) is 2.92. The van der Waals surface area contributed by atoms with Crippen LogP contribution in [0.1, 0.15) is 0 Å². The first kappa shape index (κ1) is 13.7. The van der Waals surface area contributed by atoms with Gasteiger partial charge in [0.15, 0.2) is 0 Å². The summed E-state index contributed by atoms with van der Waals surface area (Å²) < 4.78 is 6.03. The first-order valence-corrected chi connectivity index (χ1v) is 6.98. The summed E-state index contributed by atoms with van der Waals surface area (Å²) in [5.41, 5.74) is -0.0930. The van der Waals surface area contributed by atoms with Crippen molar-refractivity contribution in [3.63, 3.8) is 0 Å². The van der Waals surface area contributed by atoms with Crippen molar-refractivity contribution < 1.29 is 9.34 Å². The average Bonchev–Trinajstić information content (AvgIpc) is 2.47. The van der Waals surface area contributed by atoms with Crippen molar-refractivity contribution in [3.05, 3.63) is 66.6 Å². The number of fused-ring (bicyclic) bond motifs is 1. The topological polar surface area (TPSA) is 86.2 Å². The number of rotatable bonds is 2. The van der Waals surface area contributed by atoms with Gasteiger partial charge in [0, 0.05) is 9.64 Å². The number of nitrogens with zero attached hydrogens (tertiary/aromatic N) is 2. The summed E-state index contributed by atoms with van der Waals surface area (Å²) in [6.07, 6.45) is 0. The summed E-state index contributed by atoms with van der Waals surface area (Å²) in [5, 5.41) is 11.4. The van der Waals surface area contributed by atoms with E-state index in [1.165, 1.54) is 12.1 Å². The van der Waals surface area contributed by atoms with Crippen LogP contribution in [-0.4, -0.2) is 9.91 Å². The molecule has 0 aliphatic rings. The third kappa shape index (κ3) is 2.51. The van der Waals surface area contributed by atoms with Gasteiger partial charge in [-0.3, -0.25) is 10.1 Å². The molecule has 0 radical (unpaired) electrons. The van der Waals surface area contributed by atoms with Gasteiger partial charge in [0.25, 0.3) is 5.69 Å². The van der Waals surface area contributed by atoms with E-state index < -0.39 is 10.5 Å². The van der Waals surface area contributed by atoms with E-state index in [0.29, 0.717) is 10.9 Å². The fourth-order valence-corrected chi connectivity index (χ4v) is 2.46. The Bertz CT molecular complexity index is 920. The van der Waals surface area contributed by atoms with Crippen LogP contribution < -0.4 is 5.63 Å². The highest BCUT2D eigenvalue weighted by atomic mass is 127. The van der Waals surface area contributed by atoms with E-state index in [-0.39, 0.29) is 17.1 Å². The highest BCUT2D eigenvalue weighted by Gasteiger charge is 2.18. The number of halogens is 1. The Hall–Kier alpha value is -2.29. The fraction of sp³-hybridized carbons (Fsp3) is 0. The maximum absolute atomic E-state index is 12.0. The molecule has 0 saturated heterocycles. The van der Waals surface area contributed by atoms with Crippen molar-refractivity contribution in [1.29, 1.82) is 0 Å². The van der Waals surface area contributed by atoms with Crippen LogP contribution in [0.4, 0.5) is 5.69 Å². The van der Waals surface area contributed by atoms with Gasteiger partial charge >= 0.3 is 5.63 Å². The summed E-state index contributed by atoms with van der Waals surface area (Å²) in [4.78, 5) is 26.8. The van der Waals surface area contributed by atoms with E-state index in [4.69, 9.17) is 4.42 Å². The van der Waals surface area contributed by atoms with Crippen molar-refractivity contribution >= 4 is 39.2 Å². The van der Waals surface area contributed by atoms with Crippen LogP contribution in [-0.2, 0) is 0 Å². The summed E-state index contributed by atoms with van der Waals surface area (Å²) in [6, 6.07) is 11.2. The molecule has 0 amide bonds. The van der Waals surface area contributed by atoms with Gasteiger partial charge < -0.3 is 4.42 Å². The van der Waals surface area contributed by atoms with Gasteiger partial charge in [0.1, 0.15) is 5.56 Å². The van der Waals surface area contributed by atoms with E-state index in [2.05, 4.69) is 27.6 Å². The Morgan fingerprint density at radius 3 is 2.71 bits per heavy atom. The van der Waals surface area contributed by atoms with Crippen LogP contribution in [0.2, 0.25) is 0 Å². The minimum absolute atomic E-state index is 0.0546. The molecule has 0 bridgehead atoms. The molecule has 6 nitrogen and oxygen atoms in total. The van der Waals surface area contributed by atoms with Crippen molar-refractivity contribution in [2.45, 2.75) is 0 Å². The Balaban J connectivity index is 2.30. The Morgan fingerprint density at radius 2 is 1.95 bits per heavy atom. The number of benzene rings is 2. The van der Waals surface area contributed by atoms with Crippen molar-refractivity contribution in [1.82, 2.24) is 4.98 Å². The summed E-state index contributed by atoms with van der Waals surface area (Å²) in [5.74, 6) is -0.0546. The van der Waals surface area contributed by atoms with Gasteiger partial charge in [-0.15, -0.1) is 0 Å². The zero-order chi connectivity index (χ0) is 15.0. The number of para-hydroxylation sites is 1. The molecule has 0 aliphatic heterocycles. The summed E-state index contributed by atoms with van der Waals surface area (Å²) in [6.45, 7) is 0. The SMILES string of the molecule is O=c1oc(-c2ccccc2[N+](=O)[O-])nc2ccc(I)cc12. The van der Waals surface area contributed by atoms with Gasteiger partial charge in [-0.1, -0.05) is 12.1 Å². The maximum atomic E-state index is 12.0. The predicted molar refractivity (Wildman–Crippen MR) is 85.1 cm³/mol. The number of aromatic nitrogens is 1. The standard InChI is InChI=1S/C14H7IN2O4/c15-8-5-6-11-10(7-8)14(18)21-13(16-11)9-3-1-2-4-12(9)17(19)20/h1-7H. The lowest BCUT2D eigenvalue weighted by molar-refractivity contribution is -0.384. The average molecular weight is 394 g/mol. The normalized spacial score (nSPS) is 10.7. The van der Waals surface area contributed by atoms with Crippen LogP contribution in [0.15, 0.2) is 51.7 Å². The lowest BCUT2D eigenvalue weighted by Gasteiger charge is -2.03. The van der Waals surface area contributed by atoms with Crippen LogP contribution >= 0.6 is 22.6 Å². The molecule has 3 rings (SSSR count). The van der Waals surface area contributed by atoms with Crippen LogP contribution in [0, 0.1) is 13.7 Å². The van der Waals surface area contributed by atoms with E-state index in [9.17, 15) is 14.9 Å². The van der Waals surface area contributed by atoms with E-state index in [1.54, 1.807) is 30.3 Å². The highest BCUT2D eigenvalue weighted by Crippen LogP contribution is 2.28. The van der Waals surface area contributed by atoms with Crippen molar-refractivity contribution in [3.8, 4) is 11.5 Å². The monoisotopic (exact) mass is 394 g/mol. The first-order valence-electron chi connectivity index (χ1n) is 5.90. The van der Waals surface area contributed by atoms with E-state index >= 15 is 0 Å². The lowest BCUT2D eigenvalue weighted by atomic mass is 10.1. The smallest absolute Gasteiger partial charge is 0.347 e. The lowest BCUT2D eigenvalue weighted by Crippen LogP contribution is -2.04. The summed E-state index contributed by atoms with van der Waals surface area (Å²) in [7, 11) is 0. The van der Waals surface area contributed by atoms with Crippen molar-refractivity contribution in [2.24, 2.45) is 0 Å². The minimum atomic E-state index is -0.563. The second kappa shape index (κ2) is 5.24. The Kier molecular flexibility index (Phi) is 3.42. The third-order valence-corrected chi connectivity index (χ3v) is 3.59. The van der Waals surface area contributed by atoms with Gasteiger partial charge in [-0.2, -0.15) is 0 Å². The maximum Gasteiger partial charge on any atom is 0.347 e. The fourth-order valence-electron chi connectivity index (χ4n) is 1.97. The molecule has 2 aromatic carbocycles. The van der Waals surface area contributed by atoms with E-state index in [0.717, 1.165) is 3.57 Å². The molecule has 104 valence electrons. The van der Waals surface area contributed by atoms with Crippen LogP contribution in [0.3, 0.4) is 0 Å². The molecular formula is C14H7IN2O4. The number of hydrogen-bond donors (Lipinski definition) is 0. The summed E-state index contributed by atoms with van der Waals surface area (Å²) >= 11 is 2.08. The molecule has 0 spiro atoms. The number of nitro groups is 1. The van der Waals surface area contributed by atoms with Crippen molar-refractivity contribution in [2.75, 3.05) is 0 Å². The second-order valence-corrected chi connectivity index (χ2v) is 5.49. The van der Waals surface area contributed by atoms with Gasteiger partial charge in [-0.25, -0.2) is 9.78 Å². The molecule has 0 saturated carbocycles. The predicted octanol–water partition coefficient (Wildman–Crippen LogP) is 3.37. The molecular weight excluding hydrogens is 387 g/mol. The molecule has 3 aromatic rings. The van der Waals surface area contributed by atoms with Gasteiger partial charge in [0.2, 0.25) is 5.89 Å². The largest absolute Gasteiger partial charge is 0.403 e. The number of nitro benzene ring substituents is 1. The zero-order valence-electron chi connectivity index (χ0n) is 10.4. The molecule has 1 aromatic heterocycles. The second-order valence-electron chi connectivity index (χ2n) is 4.24. The molecule has 0 atom stereocenters. The molecule has 0 fully saturated rings. The molecule has 0 N–H and O–H groups in total. The quantitative estimate of drug-likeness (QED) is 0.378. The van der Waals surface area contributed by atoms with Crippen LogP contribution in [0.25, 0.3) is 22.4 Å². The first-order chi connectivity index (χ1) is 10.1. The molecule has 21 heavy (non-hydrogen) atoms. The molecule has 0 aliphatic carbocycles. The molecule has 7 heteroatoms. The van der Waals surface area contributed by atoms with Gasteiger partial charge in [-0.05, 0) is 46.9 Å². The molecule has 0 unspecified atom stereocenters. The van der Waals surface area contributed by atoms with E-state index in [1.807, 2.05) is 0 Å². The Labute approximate surface area is 131 Å². The number of hydrogen-bond acceptors (Lipinski definition) is 5. The highest BCUT2D eigenvalue weighted by molar-refractivity contribution is 14.1. The molecule has 1 heterocycles. The zero-order valence-corrected chi connectivity index (χ0v) is 12.6. The van der Waals surface area contributed by atoms with Crippen LogP contribution in [0.5, 0.6) is 0 Å².